The first kappa shape index (κ1) is 86.4. The molecule has 10 rings (SSSR count). The molecule has 25 heteroatoms. The van der Waals surface area contributed by atoms with Gasteiger partial charge in [0.05, 0.1) is 36.9 Å². The van der Waals surface area contributed by atoms with E-state index >= 15 is 24.0 Å². The summed E-state index contributed by atoms with van der Waals surface area (Å²) in [6.45, 7) is 24.1. The largest absolute Gasteiger partial charge is 0.488 e. The van der Waals surface area contributed by atoms with Gasteiger partial charge in [-0.3, -0.25) is 38.1 Å². The maximum absolute atomic E-state index is 16.1. The molecule has 8 amide bonds. The molecule has 0 aliphatic carbocycles. The van der Waals surface area contributed by atoms with Gasteiger partial charge in [0.1, 0.15) is 70.4 Å². The summed E-state index contributed by atoms with van der Waals surface area (Å²) in [5.41, 5.74) is 0.0700. The Bertz CT molecular complexity index is 4880. The number of rotatable bonds is 30. The second-order valence-electron chi connectivity index (χ2n) is 33.7. The number of imide groups is 1. The minimum atomic E-state index is -1.72. The number of aromatic nitrogens is 3. The number of ether oxygens (including phenoxy) is 5. The average Bonchev–Trinajstić information content (AvgIpc) is 1.16. The molecule has 0 unspecified atom stereocenters. The van der Waals surface area contributed by atoms with Gasteiger partial charge in [-0.2, -0.15) is 0 Å². The van der Waals surface area contributed by atoms with E-state index < -0.39 is 143 Å². The second-order valence-corrected chi connectivity index (χ2v) is 33.7. The molecule has 1 aliphatic rings. The van der Waals surface area contributed by atoms with Crippen molar-refractivity contribution in [3.8, 4) is 5.75 Å². The van der Waals surface area contributed by atoms with Gasteiger partial charge in [0.2, 0.25) is 41.4 Å². The van der Waals surface area contributed by atoms with Gasteiger partial charge in [0.25, 0.3) is 0 Å². The quantitative estimate of drug-likeness (QED) is 0.0138. The number of hydrogen-bond donors (Lipinski definition) is 6. The summed E-state index contributed by atoms with van der Waals surface area (Å²) in [6.07, 6.45) is 1.88. The number of fused-ring (bicyclic) bond motifs is 2. The lowest BCUT2D eigenvalue weighted by Gasteiger charge is -2.37. The SMILES string of the molecule is COC(=O)[C@H](CC(C)C)NC(=O)[C@@H](Cc1ccc2ccccc2c1)NC(=O)[C@H](Cc1ccc(OC(C)(C)C)cc1)NC(=O)[C@H](COC(C)(C)C)NC(=O)[C@H](Cc1cn(C(=O)OC(C)(C)C)c2ccccc12)NC(=O)[C@H](Cc1cn(C(c2ccccc2)(c2ccccc2)c2ccccc2)cn1)NC(=O)[C@@H]1CCC(=O)N1C(=O)OC(C)(C)C. The lowest BCUT2D eigenvalue weighted by molar-refractivity contribution is -0.146. The Morgan fingerprint density at radius 2 is 0.957 bits per heavy atom. The van der Waals surface area contributed by atoms with Crippen LogP contribution in [0.3, 0.4) is 0 Å². The number of esters is 1. The summed E-state index contributed by atoms with van der Waals surface area (Å²) >= 11 is 0. The summed E-state index contributed by atoms with van der Waals surface area (Å²) in [4.78, 5) is 154. The normalized spacial score (nSPS) is 14.9. The molecule has 0 saturated carbocycles. The van der Waals surface area contributed by atoms with Crippen LogP contribution >= 0.6 is 0 Å². The van der Waals surface area contributed by atoms with Gasteiger partial charge in [-0.1, -0.05) is 178 Å². The van der Waals surface area contributed by atoms with E-state index in [2.05, 4.69) is 31.9 Å². The minimum absolute atomic E-state index is 0.0723. The first-order valence-electron chi connectivity index (χ1n) is 39.2. The van der Waals surface area contributed by atoms with Gasteiger partial charge in [-0.15, -0.1) is 0 Å². The Labute approximate surface area is 677 Å². The number of likely N-dealkylation sites (tertiary alicyclic amines) is 1. The maximum Gasteiger partial charge on any atom is 0.419 e. The molecule has 7 atom stereocenters. The molecular formula is C91H108N10O15. The standard InChI is InChI=1S/C91H108N10O15/c1-57(2)47-73(84(109)112-15)97-79(104)70(50-59-39-42-60-29-25-26-30-61(60)48-59)93-78(103)69(49-58-40-43-67(44-41-58)114-88(6,7)8)94-82(107)74(55-113-87(3,4)5)98-80(105)71(51-62-53-100(85(110)115-89(9,10)11)75-38-28-27-37-68(62)75)95-81(106)72(96-83(108)76-45-46-77(102)101(76)86(111)116-90(12,13)14)52-66-54-99(56-92-66)91(63-31-19-16-20-32-63,64-33-21-17-22-34-64)65-35-23-18-24-36-65/h16-44,48,53-54,56-57,69-74,76H,45-47,49-52,55H2,1-15H3,(H,93,103)(H,94,107)(H,95,106)(H,96,108)(H,97,104)(H,98,105)/t69-,70+,71-,72-,73-,74-,76-/m0/s1. The van der Waals surface area contributed by atoms with E-state index in [0.717, 1.165) is 32.4 Å². The van der Waals surface area contributed by atoms with Crippen molar-refractivity contribution in [2.75, 3.05) is 13.7 Å². The second kappa shape index (κ2) is 37.1. The first-order valence-corrected chi connectivity index (χ1v) is 39.2. The van der Waals surface area contributed by atoms with Gasteiger partial charge in [0.15, 0.2) is 0 Å². The summed E-state index contributed by atoms with van der Waals surface area (Å²) in [7, 11) is 1.22. The monoisotopic (exact) mass is 1580 g/mol. The van der Waals surface area contributed by atoms with Crippen LogP contribution in [0.1, 0.15) is 155 Å². The van der Waals surface area contributed by atoms with Crippen molar-refractivity contribution < 1.29 is 71.6 Å². The third-order valence-corrected chi connectivity index (χ3v) is 19.3. The van der Waals surface area contributed by atoms with Crippen LogP contribution in [0.25, 0.3) is 21.7 Å². The fraction of sp³-hybridized carbons (Fsp3) is 0.396. The molecule has 0 bridgehead atoms. The summed E-state index contributed by atoms with van der Waals surface area (Å²) in [6, 6.07) is 45.9. The van der Waals surface area contributed by atoms with Crippen molar-refractivity contribution in [1.29, 1.82) is 0 Å². The molecule has 1 aliphatic heterocycles. The van der Waals surface area contributed by atoms with Gasteiger partial charge in [0, 0.05) is 49.9 Å². The Hall–Kier alpha value is -12.0. The number of nitrogens with zero attached hydrogens (tertiary/aromatic N) is 4. The molecule has 0 spiro atoms. The molecule has 7 aromatic carbocycles. The van der Waals surface area contributed by atoms with Crippen LogP contribution in [0.15, 0.2) is 201 Å². The van der Waals surface area contributed by atoms with Crippen LogP contribution in [0.4, 0.5) is 9.59 Å². The topological polar surface area (TPSA) is 315 Å². The number of carbonyl (C=O) groups is 10. The lowest BCUT2D eigenvalue weighted by atomic mass is 9.77. The van der Waals surface area contributed by atoms with E-state index in [1.807, 2.05) is 173 Å². The van der Waals surface area contributed by atoms with Crippen molar-refractivity contribution in [2.45, 2.75) is 212 Å². The molecule has 116 heavy (non-hydrogen) atoms. The highest BCUT2D eigenvalue weighted by atomic mass is 16.6. The van der Waals surface area contributed by atoms with Crippen molar-refractivity contribution in [3.63, 3.8) is 0 Å². The number of benzene rings is 7. The zero-order valence-corrected chi connectivity index (χ0v) is 68.7. The van der Waals surface area contributed by atoms with Crippen LogP contribution in [-0.4, -0.2) is 157 Å². The highest BCUT2D eigenvalue weighted by Crippen LogP contribution is 2.41. The summed E-state index contributed by atoms with van der Waals surface area (Å²) < 4.78 is 32.4. The highest BCUT2D eigenvalue weighted by Gasteiger charge is 2.45. The molecule has 1 fully saturated rings. The van der Waals surface area contributed by atoms with Crippen molar-refractivity contribution in [1.82, 2.24) is 50.9 Å². The number of carbonyl (C=O) groups excluding carboxylic acids is 10. The predicted molar refractivity (Wildman–Crippen MR) is 441 cm³/mol. The number of imidazole rings is 1. The van der Waals surface area contributed by atoms with E-state index in [-0.39, 0.29) is 50.1 Å². The fourth-order valence-corrected chi connectivity index (χ4v) is 14.1. The van der Waals surface area contributed by atoms with Crippen LogP contribution in [0.2, 0.25) is 0 Å². The van der Waals surface area contributed by atoms with E-state index in [0.29, 0.717) is 33.3 Å². The van der Waals surface area contributed by atoms with Crippen LogP contribution in [0.5, 0.6) is 5.75 Å². The molecule has 6 N–H and O–H groups in total. The number of hydrogen-bond acceptors (Lipinski definition) is 16. The van der Waals surface area contributed by atoms with Crippen molar-refractivity contribution in [3.05, 3.63) is 240 Å². The van der Waals surface area contributed by atoms with Gasteiger partial charge in [-0.05, 0) is 164 Å². The van der Waals surface area contributed by atoms with E-state index in [9.17, 15) is 24.0 Å². The molecule has 9 aromatic rings. The number of nitrogens with one attached hydrogen (secondary N) is 6. The van der Waals surface area contributed by atoms with Crippen molar-refractivity contribution >= 4 is 81.2 Å². The fourth-order valence-electron chi connectivity index (χ4n) is 14.1. The van der Waals surface area contributed by atoms with Crippen LogP contribution in [-0.2, 0) is 88.5 Å². The molecular weight excluding hydrogens is 1470 g/mol. The van der Waals surface area contributed by atoms with E-state index in [1.165, 1.54) is 17.9 Å². The van der Waals surface area contributed by atoms with E-state index in [4.69, 9.17) is 28.7 Å². The maximum atomic E-state index is 16.1. The highest BCUT2D eigenvalue weighted by molar-refractivity contribution is 6.03. The Morgan fingerprint density at radius 1 is 0.483 bits per heavy atom. The number of para-hydroxylation sites is 1. The molecule has 1 saturated heterocycles. The van der Waals surface area contributed by atoms with Gasteiger partial charge >= 0.3 is 18.2 Å². The molecule has 612 valence electrons. The first-order chi connectivity index (χ1) is 54.8. The zero-order valence-electron chi connectivity index (χ0n) is 68.7. The molecule has 3 heterocycles. The van der Waals surface area contributed by atoms with Crippen LogP contribution in [0, 0.1) is 5.92 Å². The lowest BCUT2D eigenvalue weighted by Crippen LogP contribution is -2.61. The summed E-state index contributed by atoms with van der Waals surface area (Å²) in [5, 5.41) is 19.5. The zero-order chi connectivity index (χ0) is 84.0. The third kappa shape index (κ3) is 22.7. The third-order valence-electron chi connectivity index (χ3n) is 19.3. The van der Waals surface area contributed by atoms with Gasteiger partial charge < -0.3 is 60.2 Å². The predicted octanol–water partition coefficient (Wildman–Crippen LogP) is 11.9. The number of methoxy groups -OCH3 is 1. The van der Waals surface area contributed by atoms with Crippen LogP contribution < -0.4 is 36.6 Å². The van der Waals surface area contributed by atoms with E-state index in [1.54, 1.807) is 123 Å². The van der Waals surface area contributed by atoms with Crippen molar-refractivity contribution in [2.24, 2.45) is 5.92 Å². The Balaban J connectivity index is 1.06. The van der Waals surface area contributed by atoms with Gasteiger partial charge in [-0.25, -0.2) is 24.3 Å². The smallest absolute Gasteiger partial charge is 0.419 e. The Morgan fingerprint density at radius 3 is 1.49 bits per heavy atom. The molecule has 2 aromatic heterocycles. The Kier molecular flexibility index (Phi) is 27.6. The molecule has 25 nitrogen and oxygen atoms in total. The average molecular weight is 1580 g/mol. The minimum Gasteiger partial charge on any atom is -0.488 e. The summed E-state index contributed by atoms with van der Waals surface area (Å²) in [5.74, 6) is -6.28. The number of amides is 8. The molecule has 0 radical (unpaired) electrons.